The van der Waals surface area contributed by atoms with Crippen LogP contribution < -0.4 is 4.72 Å². The zero-order chi connectivity index (χ0) is 20.4. The van der Waals surface area contributed by atoms with Gasteiger partial charge in [0.15, 0.2) is 5.76 Å². The third kappa shape index (κ3) is 3.92. The molecule has 7 nitrogen and oxygen atoms in total. The van der Waals surface area contributed by atoms with Gasteiger partial charge in [-0.2, -0.15) is 0 Å². The van der Waals surface area contributed by atoms with Gasteiger partial charge >= 0.3 is 0 Å². The molecule has 2 aromatic carbocycles. The second kappa shape index (κ2) is 7.33. The molecule has 0 saturated heterocycles. The number of carbonyl (C=O) groups is 1. The van der Waals surface area contributed by atoms with E-state index in [1.165, 1.54) is 12.1 Å². The molecule has 0 fully saturated rings. The number of para-hydroxylation sites is 1. The van der Waals surface area contributed by atoms with Gasteiger partial charge in [-0.3, -0.25) is 4.79 Å². The van der Waals surface area contributed by atoms with Crippen LogP contribution in [-0.4, -0.2) is 24.5 Å². The van der Waals surface area contributed by atoms with Gasteiger partial charge in [0.25, 0.3) is 15.9 Å². The lowest BCUT2D eigenvalue weighted by Gasteiger charge is -2.03. The first kappa shape index (κ1) is 18.6. The molecule has 4 aromatic rings. The Morgan fingerprint density at radius 3 is 2.52 bits per heavy atom. The Morgan fingerprint density at radius 2 is 1.76 bits per heavy atom. The number of fused-ring (bicyclic) bond motifs is 1. The van der Waals surface area contributed by atoms with Crippen LogP contribution in [0.1, 0.15) is 10.4 Å². The predicted molar refractivity (Wildman–Crippen MR) is 109 cm³/mol. The fraction of sp³-hybridized carbons (Fsp3) is 0. The van der Waals surface area contributed by atoms with Gasteiger partial charge in [0.2, 0.25) is 0 Å². The van der Waals surface area contributed by atoms with Gasteiger partial charge in [0.05, 0.1) is 5.52 Å². The first-order chi connectivity index (χ1) is 13.9. The third-order valence-corrected chi connectivity index (χ3v) is 5.17. The summed E-state index contributed by atoms with van der Waals surface area (Å²) in [6.07, 6.45) is 0. The van der Waals surface area contributed by atoms with Gasteiger partial charge in [0, 0.05) is 28.0 Å². The number of carbonyl (C=O) groups excluding carboxylic acids is 1. The van der Waals surface area contributed by atoms with Crippen LogP contribution in [0.4, 0.5) is 0 Å². The van der Waals surface area contributed by atoms with Crippen molar-refractivity contribution in [1.29, 1.82) is 0 Å². The predicted octanol–water partition coefficient (Wildman–Crippen LogP) is 3.76. The highest BCUT2D eigenvalue weighted by molar-refractivity contribution is 7.92. The molecule has 0 saturated carbocycles. The van der Waals surface area contributed by atoms with E-state index >= 15 is 0 Å². The lowest BCUT2D eigenvalue weighted by molar-refractivity contribution is 0.0982. The zero-order valence-corrected chi connectivity index (χ0v) is 15.9. The number of hydrogen-bond donors (Lipinski definition) is 1. The van der Waals surface area contributed by atoms with Crippen LogP contribution in [0, 0.1) is 0 Å². The molecular weight excluding hydrogens is 390 g/mol. The van der Waals surface area contributed by atoms with Crippen LogP contribution in [0.25, 0.3) is 33.6 Å². The lowest BCUT2D eigenvalue weighted by atomic mass is 10.1. The number of amides is 1. The molecule has 0 unspecified atom stereocenters. The SMILES string of the molecule is C=CS(=O)(=O)NC(=O)c1ccc(-c2cc(-c3ccc4ccccc4n3)on2)cc1. The number of nitrogens with zero attached hydrogens (tertiary/aromatic N) is 2. The molecule has 0 spiro atoms. The molecular formula is C21H15N3O4S. The van der Waals surface area contributed by atoms with E-state index in [1.807, 2.05) is 41.1 Å². The highest BCUT2D eigenvalue weighted by Crippen LogP contribution is 2.26. The van der Waals surface area contributed by atoms with Crippen molar-refractivity contribution in [3.8, 4) is 22.7 Å². The van der Waals surface area contributed by atoms with Crippen molar-refractivity contribution >= 4 is 26.8 Å². The number of benzene rings is 2. The monoisotopic (exact) mass is 405 g/mol. The summed E-state index contributed by atoms with van der Waals surface area (Å²) in [7, 11) is -3.84. The number of pyridine rings is 1. The molecule has 1 N–H and O–H groups in total. The molecule has 1 amide bonds. The molecule has 144 valence electrons. The van der Waals surface area contributed by atoms with Crippen LogP contribution in [0.5, 0.6) is 0 Å². The molecule has 4 rings (SSSR count). The summed E-state index contributed by atoms with van der Waals surface area (Å²) in [5.41, 5.74) is 2.99. The van der Waals surface area contributed by atoms with Crippen molar-refractivity contribution in [3.63, 3.8) is 0 Å². The number of sulfonamides is 1. The summed E-state index contributed by atoms with van der Waals surface area (Å²) in [6.45, 7) is 3.15. The molecule has 0 aliphatic rings. The number of nitrogens with one attached hydrogen (secondary N) is 1. The standard InChI is InChI=1S/C21H15N3O4S/c1-2-29(26,27)24-21(25)16-9-7-15(8-10-16)19-13-20(28-23-19)18-12-11-14-5-3-4-6-17(14)22-18/h2-13H,1H2,(H,24,25). The van der Waals surface area contributed by atoms with Gasteiger partial charge in [-0.15, -0.1) is 0 Å². The topological polar surface area (TPSA) is 102 Å². The van der Waals surface area contributed by atoms with Crippen molar-refractivity contribution in [1.82, 2.24) is 14.9 Å². The summed E-state index contributed by atoms with van der Waals surface area (Å²) in [5, 5.41) is 5.77. The van der Waals surface area contributed by atoms with Crippen LogP contribution in [0.2, 0.25) is 0 Å². The first-order valence-corrected chi connectivity index (χ1v) is 10.1. The average Bonchev–Trinajstić information content (AvgIpc) is 3.23. The van der Waals surface area contributed by atoms with E-state index in [-0.39, 0.29) is 5.56 Å². The summed E-state index contributed by atoms with van der Waals surface area (Å²) < 4.78 is 30.1. The van der Waals surface area contributed by atoms with E-state index in [0.29, 0.717) is 28.1 Å². The summed E-state index contributed by atoms with van der Waals surface area (Å²) in [5.74, 6) is -0.220. The summed E-state index contributed by atoms with van der Waals surface area (Å²) in [6, 6.07) is 19.7. The highest BCUT2D eigenvalue weighted by Gasteiger charge is 2.14. The van der Waals surface area contributed by atoms with Crippen molar-refractivity contribution in [2.24, 2.45) is 0 Å². The van der Waals surface area contributed by atoms with Crippen molar-refractivity contribution in [3.05, 3.63) is 84.3 Å². The van der Waals surface area contributed by atoms with Crippen LogP contribution in [0.15, 0.2) is 83.2 Å². The van der Waals surface area contributed by atoms with Crippen molar-refractivity contribution in [2.75, 3.05) is 0 Å². The van der Waals surface area contributed by atoms with E-state index in [1.54, 1.807) is 18.2 Å². The Kier molecular flexibility index (Phi) is 4.69. The molecule has 0 aliphatic heterocycles. The van der Waals surface area contributed by atoms with Gasteiger partial charge in [-0.1, -0.05) is 48.1 Å². The molecule has 8 heteroatoms. The molecule has 0 radical (unpaired) electrons. The maximum Gasteiger partial charge on any atom is 0.264 e. The Hall–Kier alpha value is -3.78. The molecule has 0 atom stereocenters. The third-order valence-electron chi connectivity index (χ3n) is 4.26. The maximum atomic E-state index is 12.0. The smallest absolute Gasteiger partial charge is 0.264 e. The van der Waals surface area contributed by atoms with E-state index < -0.39 is 15.9 Å². The molecule has 29 heavy (non-hydrogen) atoms. The fourth-order valence-electron chi connectivity index (χ4n) is 2.76. The molecule has 0 aliphatic carbocycles. The average molecular weight is 405 g/mol. The minimum absolute atomic E-state index is 0.194. The first-order valence-electron chi connectivity index (χ1n) is 8.58. The largest absolute Gasteiger partial charge is 0.354 e. The summed E-state index contributed by atoms with van der Waals surface area (Å²) >= 11 is 0. The zero-order valence-electron chi connectivity index (χ0n) is 15.1. The van der Waals surface area contributed by atoms with E-state index in [2.05, 4.69) is 16.7 Å². The summed E-state index contributed by atoms with van der Waals surface area (Å²) in [4.78, 5) is 16.6. The van der Waals surface area contributed by atoms with Crippen LogP contribution in [-0.2, 0) is 10.0 Å². The van der Waals surface area contributed by atoms with Crippen molar-refractivity contribution in [2.45, 2.75) is 0 Å². The Labute approximate surface area is 166 Å². The van der Waals surface area contributed by atoms with Crippen LogP contribution in [0.3, 0.4) is 0 Å². The quantitative estimate of drug-likeness (QED) is 0.542. The second-order valence-corrected chi connectivity index (χ2v) is 7.81. The number of aromatic nitrogens is 2. The van der Waals surface area contributed by atoms with Gasteiger partial charge in [-0.25, -0.2) is 18.1 Å². The van der Waals surface area contributed by atoms with Crippen molar-refractivity contribution < 1.29 is 17.7 Å². The number of rotatable bonds is 5. The highest BCUT2D eigenvalue weighted by atomic mass is 32.2. The van der Waals surface area contributed by atoms with Gasteiger partial charge in [-0.05, 0) is 24.3 Å². The maximum absolute atomic E-state index is 12.0. The molecule has 2 aromatic heterocycles. The minimum Gasteiger partial charge on any atom is -0.354 e. The lowest BCUT2D eigenvalue weighted by Crippen LogP contribution is -2.28. The fourth-order valence-corrected chi connectivity index (χ4v) is 3.22. The van der Waals surface area contributed by atoms with E-state index in [0.717, 1.165) is 10.9 Å². The van der Waals surface area contributed by atoms with Gasteiger partial charge in [0.1, 0.15) is 11.4 Å². The van der Waals surface area contributed by atoms with Crippen LogP contribution >= 0.6 is 0 Å². The second-order valence-electron chi connectivity index (χ2n) is 6.19. The van der Waals surface area contributed by atoms with E-state index in [9.17, 15) is 13.2 Å². The van der Waals surface area contributed by atoms with Gasteiger partial charge < -0.3 is 4.52 Å². The Balaban J connectivity index is 1.57. The molecule has 2 heterocycles. The van der Waals surface area contributed by atoms with E-state index in [4.69, 9.17) is 4.52 Å². The Morgan fingerprint density at radius 1 is 1.00 bits per heavy atom. The Bertz CT molecular complexity index is 1330. The number of hydrogen-bond acceptors (Lipinski definition) is 6. The molecule has 0 bridgehead atoms. The minimum atomic E-state index is -3.84. The normalized spacial score (nSPS) is 11.3.